The highest BCUT2D eigenvalue weighted by atomic mass is 19.3. The molecular formula is C28H26F2N6O3. The predicted octanol–water partition coefficient (Wildman–Crippen LogP) is 3.89. The molecule has 11 heteroatoms. The van der Waals surface area contributed by atoms with Crippen LogP contribution in [0.15, 0.2) is 47.3 Å². The summed E-state index contributed by atoms with van der Waals surface area (Å²) >= 11 is 0. The largest absolute Gasteiger partial charge is 0.586 e. The molecule has 1 atom stereocenters. The number of aromatic nitrogens is 4. The third-order valence-electron chi connectivity index (χ3n) is 9.24. The van der Waals surface area contributed by atoms with Crippen LogP contribution in [-0.2, 0) is 11.8 Å². The standard InChI is InChI=1S/C28H26F2N6O3/c29-28(30)38-18-6-5-16(13-19(18)39-28)27(7-8-27)22-20-23(35-34-22)32-25(33-24(20)37)36-11-9-26(10-12-36)14-15-3-1-2-4-17(15)21(26)31/h1-6,13,21H,7-12,14,31H2,(H2,32,33,34,35,37)/t21-/m1/s1. The van der Waals surface area contributed by atoms with Gasteiger partial charge in [-0.2, -0.15) is 10.1 Å². The fourth-order valence-corrected chi connectivity index (χ4v) is 6.94. The van der Waals surface area contributed by atoms with Crippen LogP contribution in [0.2, 0.25) is 0 Å². The lowest BCUT2D eigenvalue weighted by molar-refractivity contribution is -0.286. The minimum absolute atomic E-state index is 0.0103. The summed E-state index contributed by atoms with van der Waals surface area (Å²) in [6.07, 6.45) is 0.572. The quantitative estimate of drug-likeness (QED) is 0.366. The van der Waals surface area contributed by atoms with Crippen LogP contribution in [-0.4, -0.2) is 39.5 Å². The van der Waals surface area contributed by atoms with Gasteiger partial charge in [-0.05, 0) is 66.3 Å². The molecule has 1 saturated heterocycles. The van der Waals surface area contributed by atoms with Gasteiger partial charge in [-0.15, -0.1) is 8.78 Å². The van der Waals surface area contributed by atoms with Crippen molar-refractivity contribution in [1.82, 2.24) is 20.2 Å². The molecule has 4 aliphatic rings. The number of nitrogens with one attached hydrogen (secondary N) is 2. The predicted molar refractivity (Wildman–Crippen MR) is 138 cm³/mol. The molecule has 1 spiro atoms. The maximum Gasteiger partial charge on any atom is 0.586 e. The third-order valence-corrected chi connectivity index (χ3v) is 9.24. The minimum Gasteiger partial charge on any atom is -0.395 e. The van der Waals surface area contributed by atoms with Gasteiger partial charge >= 0.3 is 6.29 Å². The zero-order valence-corrected chi connectivity index (χ0v) is 21.0. The average molecular weight is 533 g/mol. The van der Waals surface area contributed by atoms with Crippen molar-refractivity contribution >= 4 is 17.0 Å². The monoisotopic (exact) mass is 532 g/mol. The fraction of sp³-hybridized carbons (Fsp3) is 0.393. The highest BCUT2D eigenvalue weighted by molar-refractivity contribution is 5.80. The Morgan fingerprint density at radius 1 is 1.03 bits per heavy atom. The number of nitrogens with two attached hydrogens (primary N) is 1. The Kier molecular flexibility index (Phi) is 4.45. The molecule has 2 aliphatic carbocycles. The lowest BCUT2D eigenvalue weighted by Gasteiger charge is -2.42. The molecule has 2 aromatic heterocycles. The van der Waals surface area contributed by atoms with E-state index in [2.05, 4.69) is 47.8 Å². The zero-order chi connectivity index (χ0) is 26.6. The molecule has 200 valence electrons. The van der Waals surface area contributed by atoms with E-state index in [0.717, 1.165) is 50.8 Å². The highest BCUT2D eigenvalue weighted by Gasteiger charge is 2.51. The molecule has 0 radical (unpaired) electrons. The van der Waals surface area contributed by atoms with Crippen LogP contribution < -0.4 is 25.7 Å². The van der Waals surface area contributed by atoms with Crippen LogP contribution in [0.25, 0.3) is 11.0 Å². The fourth-order valence-electron chi connectivity index (χ4n) is 6.94. The van der Waals surface area contributed by atoms with E-state index in [4.69, 9.17) is 10.7 Å². The van der Waals surface area contributed by atoms with Crippen LogP contribution >= 0.6 is 0 Å². The molecule has 39 heavy (non-hydrogen) atoms. The maximum absolute atomic E-state index is 13.5. The summed E-state index contributed by atoms with van der Waals surface area (Å²) in [7, 11) is 0. The average Bonchev–Trinajstić information content (AvgIpc) is 3.39. The van der Waals surface area contributed by atoms with Crippen LogP contribution in [0, 0.1) is 5.41 Å². The Labute approximate surface area is 221 Å². The van der Waals surface area contributed by atoms with Gasteiger partial charge in [0, 0.05) is 24.5 Å². The van der Waals surface area contributed by atoms with Crippen molar-refractivity contribution in [1.29, 1.82) is 0 Å². The molecule has 4 N–H and O–H groups in total. The molecule has 0 amide bonds. The second-order valence-corrected chi connectivity index (χ2v) is 11.3. The maximum atomic E-state index is 13.5. The van der Waals surface area contributed by atoms with Crippen LogP contribution in [0.5, 0.6) is 11.5 Å². The Hall–Kier alpha value is -3.99. The number of anilines is 1. The number of alkyl halides is 2. The summed E-state index contributed by atoms with van der Waals surface area (Å²) in [4.78, 5) is 23.2. The van der Waals surface area contributed by atoms with Crippen molar-refractivity contribution in [3.8, 4) is 11.5 Å². The summed E-state index contributed by atoms with van der Waals surface area (Å²) in [5.74, 6) is 0.471. The van der Waals surface area contributed by atoms with Gasteiger partial charge in [0.15, 0.2) is 17.1 Å². The number of halogens is 2. The van der Waals surface area contributed by atoms with Gasteiger partial charge in [0.25, 0.3) is 5.56 Å². The van der Waals surface area contributed by atoms with Crippen molar-refractivity contribution in [3.05, 3.63) is 75.2 Å². The number of hydrogen-bond donors (Lipinski definition) is 3. The molecule has 1 saturated carbocycles. The topological polar surface area (TPSA) is 122 Å². The lowest BCUT2D eigenvalue weighted by Crippen LogP contribution is -2.45. The molecule has 2 aromatic carbocycles. The first kappa shape index (κ1) is 22.9. The first-order valence-electron chi connectivity index (χ1n) is 13.2. The number of H-pyrrole nitrogens is 2. The molecule has 8 rings (SSSR count). The van der Waals surface area contributed by atoms with Gasteiger partial charge in [-0.25, -0.2) is 0 Å². The van der Waals surface area contributed by atoms with E-state index >= 15 is 0 Å². The molecule has 0 bridgehead atoms. The van der Waals surface area contributed by atoms with E-state index in [0.29, 0.717) is 22.7 Å². The number of fused-ring (bicyclic) bond motifs is 3. The van der Waals surface area contributed by atoms with Crippen LogP contribution in [0.1, 0.15) is 54.1 Å². The SMILES string of the molecule is N[C@@H]1c2ccccc2CC12CCN(c1nc3n[nH]c(C4(c5ccc6c(c5)OC(F)(F)O6)CC4)c3c(=O)[nH]1)CC2. The van der Waals surface area contributed by atoms with Gasteiger partial charge in [-0.1, -0.05) is 30.3 Å². The van der Waals surface area contributed by atoms with E-state index in [1.54, 1.807) is 12.1 Å². The number of benzene rings is 2. The summed E-state index contributed by atoms with van der Waals surface area (Å²) in [6.45, 7) is 1.47. The van der Waals surface area contributed by atoms with E-state index in [1.807, 2.05) is 6.07 Å². The van der Waals surface area contributed by atoms with Crippen LogP contribution in [0.3, 0.4) is 0 Å². The summed E-state index contributed by atoms with van der Waals surface area (Å²) in [6, 6.07) is 13.2. The number of ether oxygens (including phenoxy) is 2. The Bertz CT molecular complexity index is 1700. The number of aromatic amines is 2. The van der Waals surface area contributed by atoms with Gasteiger partial charge in [-0.3, -0.25) is 14.9 Å². The molecule has 4 heterocycles. The second-order valence-electron chi connectivity index (χ2n) is 11.3. The van der Waals surface area contributed by atoms with E-state index in [1.165, 1.54) is 17.2 Å². The summed E-state index contributed by atoms with van der Waals surface area (Å²) < 4.78 is 36.3. The minimum atomic E-state index is -3.68. The van der Waals surface area contributed by atoms with Crippen molar-refractivity contribution in [2.75, 3.05) is 18.0 Å². The Balaban J connectivity index is 1.07. The second kappa shape index (κ2) is 7.56. The third kappa shape index (κ3) is 3.28. The number of hydrogen-bond acceptors (Lipinski definition) is 7. The molecule has 4 aromatic rings. The Morgan fingerprint density at radius 2 is 1.79 bits per heavy atom. The van der Waals surface area contributed by atoms with E-state index in [-0.39, 0.29) is 28.5 Å². The van der Waals surface area contributed by atoms with Crippen molar-refractivity contribution < 1.29 is 18.3 Å². The number of piperidine rings is 1. The first-order valence-corrected chi connectivity index (χ1v) is 13.2. The smallest absolute Gasteiger partial charge is 0.395 e. The van der Waals surface area contributed by atoms with E-state index < -0.39 is 11.7 Å². The first-order chi connectivity index (χ1) is 18.8. The van der Waals surface area contributed by atoms with Crippen molar-refractivity contribution in [2.24, 2.45) is 11.1 Å². The zero-order valence-electron chi connectivity index (χ0n) is 21.0. The number of nitrogens with zero attached hydrogens (tertiary/aromatic N) is 3. The van der Waals surface area contributed by atoms with Gasteiger partial charge in [0.2, 0.25) is 5.95 Å². The normalized spacial score (nSPS) is 23.4. The van der Waals surface area contributed by atoms with Gasteiger partial charge < -0.3 is 20.1 Å². The molecule has 9 nitrogen and oxygen atoms in total. The highest BCUT2D eigenvalue weighted by Crippen LogP contribution is 2.56. The van der Waals surface area contributed by atoms with Crippen molar-refractivity contribution in [2.45, 2.75) is 49.9 Å². The Morgan fingerprint density at radius 3 is 2.56 bits per heavy atom. The van der Waals surface area contributed by atoms with Crippen LogP contribution in [0.4, 0.5) is 14.7 Å². The molecule has 2 aliphatic heterocycles. The van der Waals surface area contributed by atoms with Gasteiger partial charge in [0.05, 0.1) is 5.69 Å². The lowest BCUT2D eigenvalue weighted by atomic mass is 9.73. The van der Waals surface area contributed by atoms with E-state index in [9.17, 15) is 13.6 Å². The molecular weight excluding hydrogens is 506 g/mol. The summed E-state index contributed by atoms with van der Waals surface area (Å²) in [5, 5.41) is 7.82. The molecule has 0 unspecified atom stereocenters. The summed E-state index contributed by atoms with van der Waals surface area (Å²) in [5.41, 5.74) is 10.2. The molecule has 2 fully saturated rings. The van der Waals surface area contributed by atoms with Gasteiger partial charge in [0.1, 0.15) is 5.39 Å². The number of rotatable bonds is 3. The van der Waals surface area contributed by atoms with Crippen molar-refractivity contribution in [3.63, 3.8) is 0 Å².